The number of aromatic hydroxyl groups is 2. The second-order valence-corrected chi connectivity index (χ2v) is 6.27. The van der Waals surface area contributed by atoms with Crippen molar-refractivity contribution in [3.63, 3.8) is 0 Å². The molecule has 0 bridgehead atoms. The Bertz CT molecular complexity index is 1140. The molecule has 0 heterocycles. The van der Waals surface area contributed by atoms with Crippen LogP contribution >= 0.6 is 0 Å². The normalized spacial score (nSPS) is 11.0. The van der Waals surface area contributed by atoms with Gasteiger partial charge in [-0.3, -0.25) is 9.79 Å². The predicted octanol–water partition coefficient (Wildman–Crippen LogP) is 3.63. The van der Waals surface area contributed by atoms with Crippen LogP contribution in [0, 0.1) is 0 Å². The maximum absolute atomic E-state index is 12.6. The third-order valence-corrected chi connectivity index (χ3v) is 4.36. The van der Waals surface area contributed by atoms with Crippen LogP contribution in [-0.2, 0) is 0 Å². The monoisotopic (exact) mass is 419 g/mol. The summed E-state index contributed by atoms with van der Waals surface area (Å²) in [4.78, 5) is 16.9. The number of para-hydroxylation sites is 3. The first-order chi connectivity index (χ1) is 15.0. The number of phenolic OH excluding ortho intramolecular Hbond substituents is 2. The van der Waals surface area contributed by atoms with Crippen LogP contribution in [0.1, 0.15) is 21.5 Å². The fourth-order valence-electron chi connectivity index (χ4n) is 2.75. The van der Waals surface area contributed by atoms with Gasteiger partial charge in [-0.15, -0.1) is 0 Å². The van der Waals surface area contributed by atoms with Crippen molar-refractivity contribution >= 4 is 24.0 Å². The van der Waals surface area contributed by atoms with Crippen LogP contribution in [0.15, 0.2) is 70.8 Å². The van der Waals surface area contributed by atoms with Crippen LogP contribution in [0.2, 0.25) is 0 Å². The lowest BCUT2D eigenvalue weighted by molar-refractivity contribution is 0.0956. The van der Waals surface area contributed by atoms with Crippen LogP contribution in [-0.4, -0.2) is 42.8 Å². The standard InChI is InChI=1S/C23H21N3O5/c1-30-19-11-5-7-15(21(19)27)13-24-18-10-4-3-9-17(18)23(29)26-25-14-16-8-6-12-20(31-2)22(16)28/h3-14,27-28H,1-2H3,(H,26,29)/b24-13?,25-14+. The van der Waals surface area contributed by atoms with Crippen molar-refractivity contribution in [1.82, 2.24) is 5.43 Å². The van der Waals surface area contributed by atoms with Crippen LogP contribution in [0.3, 0.4) is 0 Å². The van der Waals surface area contributed by atoms with E-state index >= 15 is 0 Å². The Labute approximate surface area is 179 Å². The van der Waals surface area contributed by atoms with Gasteiger partial charge in [0.2, 0.25) is 0 Å². The third kappa shape index (κ3) is 4.99. The summed E-state index contributed by atoms with van der Waals surface area (Å²) in [6.07, 6.45) is 2.76. The van der Waals surface area contributed by atoms with Gasteiger partial charge in [-0.1, -0.05) is 24.3 Å². The number of hydrazone groups is 1. The lowest BCUT2D eigenvalue weighted by atomic mass is 10.1. The molecule has 0 aliphatic heterocycles. The van der Waals surface area contributed by atoms with E-state index in [0.717, 1.165) is 0 Å². The number of nitrogens with zero attached hydrogens (tertiary/aromatic N) is 2. The van der Waals surface area contributed by atoms with Gasteiger partial charge in [-0.05, 0) is 36.4 Å². The van der Waals surface area contributed by atoms with E-state index in [9.17, 15) is 15.0 Å². The van der Waals surface area contributed by atoms with Crippen molar-refractivity contribution in [2.75, 3.05) is 14.2 Å². The second-order valence-electron chi connectivity index (χ2n) is 6.27. The molecule has 0 radical (unpaired) electrons. The van der Waals surface area contributed by atoms with Gasteiger partial charge in [0.25, 0.3) is 5.91 Å². The smallest absolute Gasteiger partial charge is 0.273 e. The number of ether oxygens (including phenoxy) is 2. The molecule has 3 aromatic rings. The topological polar surface area (TPSA) is 113 Å². The van der Waals surface area contributed by atoms with Crippen molar-refractivity contribution in [2.45, 2.75) is 0 Å². The molecule has 0 aliphatic rings. The summed E-state index contributed by atoms with van der Waals surface area (Å²) in [6, 6.07) is 16.7. The van der Waals surface area contributed by atoms with Crippen LogP contribution in [0.4, 0.5) is 5.69 Å². The molecule has 0 unspecified atom stereocenters. The highest BCUT2D eigenvalue weighted by Crippen LogP contribution is 2.29. The molecule has 31 heavy (non-hydrogen) atoms. The fourth-order valence-corrected chi connectivity index (χ4v) is 2.75. The van der Waals surface area contributed by atoms with E-state index in [1.807, 2.05) is 0 Å². The van der Waals surface area contributed by atoms with Gasteiger partial charge in [0, 0.05) is 17.3 Å². The maximum atomic E-state index is 12.6. The Morgan fingerprint density at radius 2 is 1.42 bits per heavy atom. The molecule has 0 saturated carbocycles. The number of methoxy groups -OCH3 is 2. The van der Waals surface area contributed by atoms with Gasteiger partial charge < -0.3 is 19.7 Å². The van der Waals surface area contributed by atoms with E-state index in [1.54, 1.807) is 60.7 Å². The molecule has 8 heteroatoms. The lowest BCUT2D eigenvalue weighted by Crippen LogP contribution is -2.17. The largest absolute Gasteiger partial charge is 0.504 e. The molecular formula is C23H21N3O5. The summed E-state index contributed by atoms with van der Waals surface area (Å²) >= 11 is 0. The van der Waals surface area contributed by atoms with Crippen LogP contribution < -0.4 is 14.9 Å². The second kappa shape index (κ2) is 9.93. The number of nitrogens with one attached hydrogen (secondary N) is 1. The average Bonchev–Trinajstić information content (AvgIpc) is 2.79. The lowest BCUT2D eigenvalue weighted by Gasteiger charge is -2.07. The Morgan fingerprint density at radius 1 is 0.839 bits per heavy atom. The Balaban J connectivity index is 1.78. The molecule has 0 atom stereocenters. The number of benzene rings is 3. The van der Waals surface area contributed by atoms with Crippen molar-refractivity contribution in [1.29, 1.82) is 0 Å². The van der Waals surface area contributed by atoms with Gasteiger partial charge in [0.05, 0.1) is 31.7 Å². The molecule has 3 rings (SSSR count). The van der Waals surface area contributed by atoms with Crippen LogP contribution in [0.5, 0.6) is 23.0 Å². The van der Waals surface area contributed by atoms with Crippen molar-refractivity contribution < 1.29 is 24.5 Å². The van der Waals surface area contributed by atoms with Gasteiger partial charge in [0.1, 0.15) is 0 Å². The molecule has 8 nitrogen and oxygen atoms in total. The number of carbonyl (C=O) groups is 1. The molecule has 0 fully saturated rings. The van der Waals surface area contributed by atoms with E-state index in [2.05, 4.69) is 15.5 Å². The minimum atomic E-state index is -0.485. The third-order valence-electron chi connectivity index (χ3n) is 4.36. The first-order valence-corrected chi connectivity index (χ1v) is 9.23. The fraction of sp³-hybridized carbons (Fsp3) is 0.0870. The number of phenols is 2. The predicted molar refractivity (Wildman–Crippen MR) is 118 cm³/mol. The van der Waals surface area contributed by atoms with Crippen LogP contribution in [0.25, 0.3) is 0 Å². The zero-order valence-corrected chi connectivity index (χ0v) is 16.9. The van der Waals surface area contributed by atoms with Crippen molar-refractivity contribution in [2.24, 2.45) is 10.1 Å². The van der Waals surface area contributed by atoms with Gasteiger partial charge in [-0.25, -0.2) is 5.43 Å². The van der Waals surface area contributed by atoms with Gasteiger partial charge in [-0.2, -0.15) is 5.10 Å². The Hall–Kier alpha value is -4.33. The van der Waals surface area contributed by atoms with Crippen molar-refractivity contribution in [3.8, 4) is 23.0 Å². The summed E-state index contributed by atoms with van der Waals surface area (Å²) in [5.41, 5.74) is 3.93. The first kappa shape index (κ1) is 21.4. The highest BCUT2D eigenvalue weighted by atomic mass is 16.5. The summed E-state index contributed by atoms with van der Waals surface area (Å²) in [7, 11) is 2.90. The highest BCUT2D eigenvalue weighted by Gasteiger charge is 2.11. The van der Waals surface area contributed by atoms with Gasteiger partial charge >= 0.3 is 0 Å². The summed E-state index contributed by atoms with van der Waals surface area (Å²) in [6.45, 7) is 0. The number of amides is 1. The van der Waals surface area contributed by atoms with E-state index in [0.29, 0.717) is 28.3 Å². The quantitative estimate of drug-likeness (QED) is 0.400. The zero-order chi connectivity index (χ0) is 22.2. The Kier molecular flexibility index (Phi) is 6.85. The molecule has 3 N–H and O–H groups in total. The maximum Gasteiger partial charge on any atom is 0.273 e. The molecule has 0 aliphatic carbocycles. The SMILES string of the molecule is COc1cccc(C=Nc2ccccc2C(=O)N/N=C/c2cccc(OC)c2O)c1O. The number of hydrogen-bond donors (Lipinski definition) is 3. The molecule has 158 valence electrons. The first-order valence-electron chi connectivity index (χ1n) is 9.23. The van der Waals surface area contributed by atoms with Crippen molar-refractivity contribution in [3.05, 3.63) is 77.4 Å². The zero-order valence-electron chi connectivity index (χ0n) is 16.9. The van der Waals surface area contributed by atoms with Gasteiger partial charge in [0.15, 0.2) is 23.0 Å². The average molecular weight is 419 g/mol. The Morgan fingerprint density at radius 3 is 2.03 bits per heavy atom. The van der Waals surface area contributed by atoms with E-state index in [1.165, 1.54) is 26.6 Å². The summed E-state index contributed by atoms with van der Waals surface area (Å²) < 4.78 is 10.1. The summed E-state index contributed by atoms with van der Waals surface area (Å²) in [5.74, 6) is 0.0200. The molecule has 0 aromatic heterocycles. The summed E-state index contributed by atoms with van der Waals surface area (Å²) in [5, 5.41) is 24.2. The minimum absolute atomic E-state index is 0.0432. The number of aliphatic imine (C=N–C) groups is 1. The number of hydrogen-bond acceptors (Lipinski definition) is 7. The molecule has 3 aromatic carbocycles. The minimum Gasteiger partial charge on any atom is -0.504 e. The van der Waals surface area contributed by atoms with E-state index in [4.69, 9.17) is 9.47 Å². The van der Waals surface area contributed by atoms with E-state index < -0.39 is 5.91 Å². The number of rotatable bonds is 7. The van der Waals surface area contributed by atoms with E-state index in [-0.39, 0.29) is 17.1 Å². The highest BCUT2D eigenvalue weighted by molar-refractivity contribution is 6.00. The number of carbonyl (C=O) groups excluding carboxylic acids is 1. The molecule has 1 amide bonds. The molecular weight excluding hydrogens is 398 g/mol. The molecule has 0 spiro atoms. The molecule has 0 saturated heterocycles.